The van der Waals surface area contributed by atoms with Gasteiger partial charge in [0.15, 0.2) is 0 Å². The van der Waals surface area contributed by atoms with E-state index in [1.807, 2.05) is 6.92 Å². The summed E-state index contributed by atoms with van der Waals surface area (Å²) in [5.74, 6) is -0.135. The summed E-state index contributed by atoms with van der Waals surface area (Å²) in [5, 5.41) is 2.46. The molecule has 0 radical (unpaired) electrons. The molecular weight excluding hydrogens is 226 g/mol. The van der Waals surface area contributed by atoms with E-state index in [1.165, 1.54) is 0 Å². The lowest BCUT2D eigenvalue weighted by Crippen LogP contribution is -2.24. The summed E-state index contributed by atoms with van der Waals surface area (Å²) in [6.07, 6.45) is 0. The average Bonchev–Trinajstić information content (AvgIpc) is 2.35. The molecule has 0 saturated carbocycles. The van der Waals surface area contributed by atoms with Crippen molar-refractivity contribution in [2.45, 2.75) is 6.92 Å². The second-order valence-corrected chi connectivity index (χ2v) is 3.15. The van der Waals surface area contributed by atoms with E-state index in [9.17, 15) is 4.79 Å². The number of likely N-dealkylation sites (N-methyl/N-ethyl adjacent to an activating group) is 1. The second-order valence-electron chi connectivity index (χ2n) is 3.15. The number of hydrogen-bond donors (Lipinski definition) is 1. The fraction of sp³-hybridized carbons (Fsp3) is 0.909. The minimum absolute atomic E-state index is 0.0741. The summed E-state index contributed by atoms with van der Waals surface area (Å²) < 4.78 is 20.6. The fourth-order valence-corrected chi connectivity index (χ4v) is 0.939. The van der Waals surface area contributed by atoms with Gasteiger partial charge in [-0.3, -0.25) is 4.79 Å². The molecule has 0 rings (SSSR count). The van der Waals surface area contributed by atoms with Crippen LogP contribution in [-0.4, -0.2) is 65.8 Å². The molecule has 0 unspecified atom stereocenters. The van der Waals surface area contributed by atoms with Crippen LogP contribution < -0.4 is 5.32 Å². The quantitative estimate of drug-likeness (QED) is 0.486. The van der Waals surface area contributed by atoms with Gasteiger partial charge in [-0.25, -0.2) is 0 Å². The van der Waals surface area contributed by atoms with Gasteiger partial charge in [-0.1, -0.05) is 0 Å². The van der Waals surface area contributed by atoms with Gasteiger partial charge in [0, 0.05) is 13.7 Å². The topological polar surface area (TPSA) is 66.0 Å². The maximum Gasteiger partial charge on any atom is 0.245 e. The number of ether oxygens (including phenoxy) is 4. The van der Waals surface area contributed by atoms with Crippen LogP contribution in [0.4, 0.5) is 0 Å². The molecule has 0 aromatic rings. The van der Waals surface area contributed by atoms with Crippen molar-refractivity contribution in [2.24, 2.45) is 0 Å². The van der Waals surface area contributed by atoms with Crippen LogP contribution in [0.15, 0.2) is 0 Å². The van der Waals surface area contributed by atoms with Crippen molar-refractivity contribution < 1.29 is 23.7 Å². The smallest absolute Gasteiger partial charge is 0.245 e. The third-order valence-electron chi connectivity index (χ3n) is 1.83. The number of amides is 1. The maximum atomic E-state index is 10.8. The molecule has 0 aromatic carbocycles. The van der Waals surface area contributed by atoms with Gasteiger partial charge in [0.25, 0.3) is 0 Å². The summed E-state index contributed by atoms with van der Waals surface area (Å²) in [4.78, 5) is 10.8. The van der Waals surface area contributed by atoms with Gasteiger partial charge >= 0.3 is 0 Å². The fourth-order valence-electron chi connectivity index (χ4n) is 0.939. The zero-order valence-corrected chi connectivity index (χ0v) is 10.7. The first-order valence-corrected chi connectivity index (χ1v) is 5.82. The van der Waals surface area contributed by atoms with Crippen LogP contribution >= 0.6 is 0 Å². The van der Waals surface area contributed by atoms with E-state index < -0.39 is 0 Å². The summed E-state index contributed by atoms with van der Waals surface area (Å²) in [6, 6.07) is 0. The second kappa shape index (κ2) is 13.4. The molecule has 1 N–H and O–H groups in total. The Labute approximate surface area is 103 Å². The highest BCUT2D eigenvalue weighted by Crippen LogP contribution is 1.82. The van der Waals surface area contributed by atoms with E-state index in [1.54, 1.807) is 7.05 Å². The summed E-state index contributed by atoms with van der Waals surface area (Å²) >= 11 is 0. The first-order valence-electron chi connectivity index (χ1n) is 5.82. The Hall–Kier alpha value is -0.690. The van der Waals surface area contributed by atoms with Gasteiger partial charge in [0.05, 0.1) is 39.6 Å². The lowest BCUT2D eigenvalue weighted by molar-refractivity contribution is -0.125. The van der Waals surface area contributed by atoms with Crippen LogP contribution in [0.25, 0.3) is 0 Å². The summed E-state index contributed by atoms with van der Waals surface area (Å²) in [6.45, 7) is 5.88. The van der Waals surface area contributed by atoms with Crippen molar-refractivity contribution in [2.75, 3.05) is 59.9 Å². The largest absolute Gasteiger partial charge is 0.379 e. The lowest BCUT2D eigenvalue weighted by atomic mass is 10.6. The number of carbonyl (C=O) groups excluding carboxylic acids is 1. The minimum Gasteiger partial charge on any atom is -0.379 e. The van der Waals surface area contributed by atoms with E-state index in [2.05, 4.69) is 5.32 Å². The van der Waals surface area contributed by atoms with Gasteiger partial charge in [-0.05, 0) is 6.92 Å². The van der Waals surface area contributed by atoms with Crippen LogP contribution in [0.5, 0.6) is 0 Å². The molecular formula is C11H23NO5. The van der Waals surface area contributed by atoms with Crippen molar-refractivity contribution >= 4 is 5.91 Å². The highest BCUT2D eigenvalue weighted by Gasteiger charge is 1.96. The number of rotatable bonds is 12. The Balaban J connectivity index is 2.96. The zero-order valence-electron chi connectivity index (χ0n) is 10.7. The Morgan fingerprint density at radius 2 is 1.35 bits per heavy atom. The highest BCUT2D eigenvalue weighted by atomic mass is 16.6. The molecule has 6 heteroatoms. The van der Waals surface area contributed by atoms with Crippen molar-refractivity contribution in [1.82, 2.24) is 5.32 Å². The first kappa shape index (κ1) is 16.3. The van der Waals surface area contributed by atoms with Crippen molar-refractivity contribution in [3.63, 3.8) is 0 Å². The summed E-state index contributed by atoms with van der Waals surface area (Å²) in [7, 11) is 1.57. The van der Waals surface area contributed by atoms with E-state index >= 15 is 0 Å². The Morgan fingerprint density at radius 1 is 0.882 bits per heavy atom. The normalized spacial score (nSPS) is 10.5. The minimum atomic E-state index is -0.135. The number of nitrogens with one attached hydrogen (secondary N) is 1. The van der Waals surface area contributed by atoms with Crippen LogP contribution in [0.3, 0.4) is 0 Å². The molecule has 1 amide bonds. The molecule has 6 nitrogen and oxygen atoms in total. The third-order valence-corrected chi connectivity index (χ3v) is 1.83. The van der Waals surface area contributed by atoms with Crippen LogP contribution in [-0.2, 0) is 23.7 Å². The molecule has 0 aliphatic rings. The van der Waals surface area contributed by atoms with E-state index in [0.717, 1.165) is 0 Å². The molecule has 17 heavy (non-hydrogen) atoms. The van der Waals surface area contributed by atoms with Crippen LogP contribution in [0.2, 0.25) is 0 Å². The Morgan fingerprint density at radius 3 is 1.82 bits per heavy atom. The SMILES string of the molecule is CCOCCOCCOCCOCC(=O)NC. The lowest BCUT2D eigenvalue weighted by Gasteiger charge is -2.06. The van der Waals surface area contributed by atoms with Gasteiger partial charge < -0.3 is 24.3 Å². The van der Waals surface area contributed by atoms with E-state index in [4.69, 9.17) is 18.9 Å². The zero-order chi connectivity index (χ0) is 12.8. The van der Waals surface area contributed by atoms with Crippen molar-refractivity contribution in [3.05, 3.63) is 0 Å². The molecule has 0 spiro atoms. The van der Waals surface area contributed by atoms with Gasteiger partial charge in [0.2, 0.25) is 5.91 Å². The predicted molar refractivity (Wildman–Crippen MR) is 63.0 cm³/mol. The molecule has 0 bridgehead atoms. The maximum absolute atomic E-state index is 10.8. The standard InChI is InChI=1S/C11H23NO5/c1-3-14-4-5-15-6-7-16-8-9-17-10-11(13)12-2/h3-10H2,1-2H3,(H,12,13). The monoisotopic (exact) mass is 249 g/mol. The van der Waals surface area contributed by atoms with Crippen molar-refractivity contribution in [1.29, 1.82) is 0 Å². The molecule has 102 valence electrons. The van der Waals surface area contributed by atoms with Gasteiger partial charge in [-0.15, -0.1) is 0 Å². The molecule has 0 saturated heterocycles. The van der Waals surface area contributed by atoms with E-state index in [-0.39, 0.29) is 12.5 Å². The molecule has 0 aromatic heterocycles. The van der Waals surface area contributed by atoms with Gasteiger partial charge in [-0.2, -0.15) is 0 Å². The molecule has 0 atom stereocenters. The number of carbonyl (C=O) groups is 1. The van der Waals surface area contributed by atoms with E-state index in [0.29, 0.717) is 46.2 Å². The molecule has 0 aliphatic heterocycles. The van der Waals surface area contributed by atoms with Crippen LogP contribution in [0.1, 0.15) is 6.92 Å². The average molecular weight is 249 g/mol. The molecule has 0 heterocycles. The number of hydrogen-bond acceptors (Lipinski definition) is 5. The summed E-state index contributed by atoms with van der Waals surface area (Å²) in [5.41, 5.74) is 0. The Kier molecular flexibility index (Phi) is 12.8. The highest BCUT2D eigenvalue weighted by molar-refractivity contribution is 5.76. The third kappa shape index (κ3) is 13.2. The molecule has 0 fully saturated rings. The van der Waals surface area contributed by atoms with Crippen molar-refractivity contribution in [3.8, 4) is 0 Å². The molecule has 0 aliphatic carbocycles. The van der Waals surface area contributed by atoms with Crippen LogP contribution in [0, 0.1) is 0 Å². The predicted octanol–water partition coefficient (Wildman–Crippen LogP) is -0.181. The first-order chi connectivity index (χ1) is 8.31. The van der Waals surface area contributed by atoms with Gasteiger partial charge in [0.1, 0.15) is 6.61 Å². The Bertz CT molecular complexity index is 177.